The van der Waals surface area contributed by atoms with Crippen molar-refractivity contribution in [3.63, 3.8) is 0 Å². The van der Waals surface area contributed by atoms with Crippen molar-refractivity contribution < 1.29 is 23.5 Å². The molecule has 0 saturated heterocycles. The Bertz CT molecular complexity index is 1580. The van der Waals surface area contributed by atoms with Crippen LogP contribution in [0.15, 0.2) is 97.1 Å². The van der Waals surface area contributed by atoms with E-state index >= 15 is 0 Å². The molecule has 39 heavy (non-hydrogen) atoms. The van der Waals surface area contributed by atoms with Gasteiger partial charge in [-0.05, 0) is 101 Å². The highest BCUT2D eigenvalue weighted by atomic mass is 19.1. The van der Waals surface area contributed by atoms with E-state index in [1.807, 2.05) is 60.7 Å². The van der Waals surface area contributed by atoms with Crippen LogP contribution in [0.1, 0.15) is 62.4 Å². The number of fused-ring (bicyclic) bond motifs is 1. The second-order valence-corrected chi connectivity index (χ2v) is 9.00. The van der Waals surface area contributed by atoms with Crippen molar-refractivity contribution in [3.05, 3.63) is 142 Å². The molecule has 194 valence electrons. The van der Waals surface area contributed by atoms with E-state index < -0.39 is 0 Å². The van der Waals surface area contributed by atoms with Gasteiger partial charge in [0.2, 0.25) is 0 Å². The van der Waals surface area contributed by atoms with E-state index in [0.717, 1.165) is 44.5 Å². The van der Waals surface area contributed by atoms with E-state index in [9.17, 15) is 14.0 Å². The van der Waals surface area contributed by atoms with Gasteiger partial charge in [0.05, 0.1) is 24.3 Å². The van der Waals surface area contributed by atoms with E-state index in [-0.39, 0.29) is 17.8 Å². The number of halogens is 1. The Kier molecular flexibility index (Phi) is 7.50. The first-order chi connectivity index (χ1) is 19.0. The van der Waals surface area contributed by atoms with Gasteiger partial charge in [0.15, 0.2) is 0 Å². The maximum atomic E-state index is 14.3. The number of esters is 2. The molecular weight excluding hydrogens is 491 g/mol. The Labute approximate surface area is 227 Å². The van der Waals surface area contributed by atoms with Crippen LogP contribution in [0.5, 0.6) is 0 Å². The number of benzene rings is 4. The van der Waals surface area contributed by atoms with Crippen LogP contribution in [-0.2, 0) is 9.47 Å². The van der Waals surface area contributed by atoms with Gasteiger partial charge in [0, 0.05) is 0 Å². The van der Waals surface area contributed by atoms with Gasteiger partial charge in [-0.25, -0.2) is 14.0 Å². The molecule has 0 aromatic heterocycles. The molecule has 4 nitrogen and oxygen atoms in total. The summed E-state index contributed by atoms with van der Waals surface area (Å²) >= 11 is 0. The van der Waals surface area contributed by atoms with Crippen LogP contribution in [0.2, 0.25) is 0 Å². The highest BCUT2D eigenvalue weighted by Crippen LogP contribution is 2.47. The lowest BCUT2D eigenvalue weighted by Crippen LogP contribution is -2.05. The van der Waals surface area contributed by atoms with E-state index in [2.05, 4.69) is 0 Å². The molecule has 0 heterocycles. The molecule has 0 atom stereocenters. The monoisotopic (exact) mass is 518 g/mol. The third-order valence-corrected chi connectivity index (χ3v) is 6.56. The number of carbonyl (C=O) groups is 2. The fourth-order valence-corrected chi connectivity index (χ4v) is 4.80. The Balaban J connectivity index is 1.71. The molecule has 5 heteroatoms. The van der Waals surface area contributed by atoms with E-state index in [1.165, 1.54) is 12.1 Å². The van der Waals surface area contributed by atoms with Crippen molar-refractivity contribution in [1.29, 1.82) is 0 Å². The van der Waals surface area contributed by atoms with Crippen molar-refractivity contribution in [3.8, 4) is 0 Å². The fourth-order valence-electron chi connectivity index (χ4n) is 4.80. The van der Waals surface area contributed by atoms with Gasteiger partial charge in [0.1, 0.15) is 5.82 Å². The maximum Gasteiger partial charge on any atom is 0.338 e. The van der Waals surface area contributed by atoms with Gasteiger partial charge in [-0.1, -0.05) is 60.7 Å². The second kappa shape index (κ2) is 11.3. The number of hydrogen-bond acceptors (Lipinski definition) is 4. The van der Waals surface area contributed by atoms with Gasteiger partial charge >= 0.3 is 11.9 Å². The molecule has 1 aliphatic carbocycles. The summed E-state index contributed by atoms with van der Waals surface area (Å²) in [5.41, 5.74) is 8.13. The first-order valence-corrected chi connectivity index (χ1v) is 12.9. The number of carbonyl (C=O) groups excluding carboxylic acids is 2. The van der Waals surface area contributed by atoms with Crippen molar-refractivity contribution in [1.82, 2.24) is 0 Å². The highest BCUT2D eigenvalue weighted by molar-refractivity contribution is 6.26. The van der Waals surface area contributed by atoms with Gasteiger partial charge in [-0.2, -0.15) is 0 Å². The van der Waals surface area contributed by atoms with E-state index in [0.29, 0.717) is 24.3 Å². The smallest absolute Gasteiger partial charge is 0.338 e. The molecule has 0 fully saturated rings. The predicted octanol–water partition coefficient (Wildman–Crippen LogP) is 7.69. The molecule has 0 bridgehead atoms. The van der Waals surface area contributed by atoms with Gasteiger partial charge in [-0.3, -0.25) is 0 Å². The van der Waals surface area contributed by atoms with Crippen LogP contribution in [0.4, 0.5) is 4.39 Å². The number of ether oxygens (including phenoxy) is 2. The molecule has 4 aromatic carbocycles. The number of hydrogen-bond donors (Lipinski definition) is 0. The quantitative estimate of drug-likeness (QED) is 0.235. The van der Waals surface area contributed by atoms with Gasteiger partial charge < -0.3 is 9.47 Å². The molecule has 0 amide bonds. The summed E-state index contributed by atoms with van der Waals surface area (Å²) in [6.45, 7) is 4.15. The summed E-state index contributed by atoms with van der Waals surface area (Å²) in [6, 6.07) is 29.3. The normalized spacial score (nSPS) is 13.4. The van der Waals surface area contributed by atoms with Gasteiger partial charge in [-0.15, -0.1) is 0 Å². The fraction of sp³-hybridized carbons (Fsp3) is 0.118. The zero-order valence-corrected chi connectivity index (χ0v) is 21.7. The average molecular weight is 519 g/mol. The summed E-state index contributed by atoms with van der Waals surface area (Å²) in [5.74, 6) is -1.07. The minimum atomic E-state index is -0.378. The summed E-state index contributed by atoms with van der Waals surface area (Å²) in [7, 11) is 0. The Morgan fingerprint density at radius 1 is 0.667 bits per heavy atom. The number of rotatable bonds is 7. The molecule has 0 N–H and O–H groups in total. The first kappa shape index (κ1) is 25.9. The molecule has 0 aliphatic heterocycles. The zero-order chi connectivity index (χ0) is 27.4. The summed E-state index contributed by atoms with van der Waals surface area (Å²) in [6.07, 6.45) is 1.98. The molecule has 4 aromatic rings. The molecule has 0 unspecified atom stereocenters. The molecule has 5 rings (SSSR count). The summed E-state index contributed by atoms with van der Waals surface area (Å²) in [5, 5.41) is 0. The van der Waals surface area contributed by atoms with Crippen LogP contribution in [0.3, 0.4) is 0 Å². The van der Waals surface area contributed by atoms with E-state index in [4.69, 9.17) is 9.47 Å². The Hall–Kier alpha value is -4.77. The first-order valence-electron chi connectivity index (χ1n) is 12.9. The van der Waals surface area contributed by atoms with Crippen LogP contribution < -0.4 is 0 Å². The van der Waals surface area contributed by atoms with Crippen LogP contribution >= 0.6 is 0 Å². The summed E-state index contributed by atoms with van der Waals surface area (Å²) in [4.78, 5) is 24.5. The lowest BCUT2D eigenvalue weighted by atomic mass is 9.85. The average Bonchev–Trinajstić information content (AvgIpc) is 3.32. The maximum absolute atomic E-state index is 14.3. The van der Waals surface area contributed by atoms with Crippen molar-refractivity contribution >= 4 is 34.7 Å². The third kappa shape index (κ3) is 5.30. The van der Waals surface area contributed by atoms with Crippen LogP contribution in [-0.4, -0.2) is 25.2 Å². The zero-order valence-electron chi connectivity index (χ0n) is 21.7. The molecule has 0 radical (unpaired) electrons. The Morgan fingerprint density at radius 2 is 1.21 bits per heavy atom. The second-order valence-electron chi connectivity index (χ2n) is 9.00. The largest absolute Gasteiger partial charge is 0.462 e. The predicted molar refractivity (Wildman–Crippen MR) is 151 cm³/mol. The molecule has 0 saturated carbocycles. The lowest BCUT2D eigenvalue weighted by Gasteiger charge is -2.18. The standard InChI is InChI=1S/C34H27FO4/c1-3-38-33(36)25-14-10-22(11-15-25)30-21-27-20-28(35)18-19-29(27)32(30)31(23-8-6-5-7-9-23)24-12-16-26(17-13-24)34(37)39-4-2/h5-21H,3-4H2,1-2H3/b32-31-. The molecule has 0 spiro atoms. The molecular formula is C34H27FO4. The molecule has 1 aliphatic rings. The minimum Gasteiger partial charge on any atom is -0.462 e. The van der Waals surface area contributed by atoms with Crippen molar-refractivity contribution in [2.24, 2.45) is 0 Å². The SMILES string of the molecule is CCOC(=O)c1ccc(C2=Cc3cc(F)ccc3/C2=C(\c2ccccc2)c2ccc(C(=O)OCC)cc2)cc1. The van der Waals surface area contributed by atoms with Crippen LogP contribution in [0.25, 0.3) is 22.8 Å². The van der Waals surface area contributed by atoms with Crippen LogP contribution in [0, 0.1) is 5.82 Å². The Morgan fingerprint density at radius 3 is 1.79 bits per heavy atom. The van der Waals surface area contributed by atoms with Crippen molar-refractivity contribution in [2.45, 2.75) is 13.8 Å². The number of allylic oxidation sites excluding steroid dienone is 2. The minimum absolute atomic E-state index is 0.300. The van der Waals surface area contributed by atoms with Crippen molar-refractivity contribution in [2.75, 3.05) is 13.2 Å². The topological polar surface area (TPSA) is 52.6 Å². The third-order valence-electron chi connectivity index (χ3n) is 6.56. The summed E-state index contributed by atoms with van der Waals surface area (Å²) < 4.78 is 24.6. The van der Waals surface area contributed by atoms with Gasteiger partial charge in [0.25, 0.3) is 0 Å². The van der Waals surface area contributed by atoms with E-state index in [1.54, 1.807) is 44.2 Å². The lowest BCUT2D eigenvalue weighted by molar-refractivity contribution is 0.0516. The highest BCUT2D eigenvalue weighted by Gasteiger charge is 2.26.